The van der Waals surface area contributed by atoms with Gasteiger partial charge in [-0.05, 0) is 29.3 Å². The van der Waals surface area contributed by atoms with E-state index in [1.807, 2.05) is 54.6 Å². The van der Waals surface area contributed by atoms with Gasteiger partial charge in [0.25, 0.3) is 5.56 Å². The molecule has 0 fully saturated rings. The summed E-state index contributed by atoms with van der Waals surface area (Å²) < 4.78 is 4.18. The van der Waals surface area contributed by atoms with Crippen LogP contribution < -0.4 is 10.9 Å². The summed E-state index contributed by atoms with van der Waals surface area (Å²) in [6.45, 7) is 1.22. The van der Waals surface area contributed by atoms with Gasteiger partial charge in [-0.25, -0.2) is 9.67 Å². The molecule has 0 unspecified atom stereocenters. The molecule has 2 aromatic heterocycles. The molecule has 0 atom stereocenters. The first-order chi connectivity index (χ1) is 15.1. The number of amides is 1. The molecular formula is C23H20BrN5O2. The molecule has 8 heteroatoms. The van der Waals surface area contributed by atoms with Crippen LogP contribution in [0.2, 0.25) is 0 Å². The summed E-state index contributed by atoms with van der Waals surface area (Å²) in [7, 11) is 0. The molecule has 0 aliphatic rings. The number of fused-ring (bicyclic) bond motifs is 1. The molecule has 2 heterocycles. The quantitative estimate of drug-likeness (QED) is 0.414. The Morgan fingerprint density at radius 1 is 1.10 bits per heavy atom. The van der Waals surface area contributed by atoms with E-state index in [0.717, 1.165) is 15.6 Å². The molecule has 1 amide bonds. The fourth-order valence-electron chi connectivity index (χ4n) is 3.14. The SMILES string of the molecule is O=C(/C=C\c1ccccc1)NCCn1ncc2c(=O)n(Cc3ccc(Br)cc3)cnc21. The maximum atomic E-state index is 12.8. The van der Waals surface area contributed by atoms with Crippen molar-refractivity contribution in [1.82, 2.24) is 24.6 Å². The number of rotatable bonds is 7. The van der Waals surface area contributed by atoms with Gasteiger partial charge < -0.3 is 5.32 Å². The van der Waals surface area contributed by atoms with Gasteiger partial charge in [0, 0.05) is 17.1 Å². The topological polar surface area (TPSA) is 81.8 Å². The minimum Gasteiger partial charge on any atom is -0.351 e. The van der Waals surface area contributed by atoms with E-state index in [2.05, 4.69) is 31.3 Å². The van der Waals surface area contributed by atoms with Gasteiger partial charge in [0.05, 0.1) is 19.3 Å². The van der Waals surface area contributed by atoms with Gasteiger partial charge in [0.2, 0.25) is 5.91 Å². The van der Waals surface area contributed by atoms with Crippen molar-refractivity contribution in [2.24, 2.45) is 0 Å². The number of carbonyl (C=O) groups excluding carboxylic acids is 1. The molecular weight excluding hydrogens is 458 g/mol. The van der Waals surface area contributed by atoms with E-state index in [-0.39, 0.29) is 11.5 Å². The van der Waals surface area contributed by atoms with E-state index >= 15 is 0 Å². The molecule has 0 saturated carbocycles. The van der Waals surface area contributed by atoms with Crippen LogP contribution in [-0.2, 0) is 17.9 Å². The Kier molecular flexibility index (Phi) is 6.37. The minimum absolute atomic E-state index is 0.144. The average molecular weight is 478 g/mol. The number of hydrogen-bond acceptors (Lipinski definition) is 4. The van der Waals surface area contributed by atoms with Crippen LogP contribution in [0.1, 0.15) is 11.1 Å². The maximum Gasteiger partial charge on any atom is 0.264 e. The van der Waals surface area contributed by atoms with Crippen LogP contribution in [0, 0.1) is 0 Å². The molecule has 0 bridgehead atoms. The van der Waals surface area contributed by atoms with Gasteiger partial charge in [-0.1, -0.05) is 58.4 Å². The molecule has 1 N–H and O–H groups in total. The Hall–Kier alpha value is -3.52. The fraction of sp³-hybridized carbons (Fsp3) is 0.130. The van der Waals surface area contributed by atoms with Crippen LogP contribution in [0.4, 0.5) is 0 Å². The smallest absolute Gasteiger partial charge is 0.264 e. The van der Waals surface area contributed by atoms with Gasteiger partial charge >= 0.3 is 0 Å². The average Bonchev–Trinajstić information content (AvgIpc) is 3.20. The third-order valence-corrected chi connectivity index (χ3v) is 5.27. The lowest BCUT2D eigenvalue weighted by molar-refractivity contribution is -0.116. The third kappa shape index (κ3) is 5.16. The fourth-order valence-corrected chi connectivity index (χ4v) is 3.40. The van der Waals surface area contributed by atoms with Crippen molar-refractivity contribution < 1.29 is 4.79 Å². The predicted octanol–water partition coefficient (Wildman–Crippen LogP) is 3.23. The van der Waals surface area contributed by atoms with Crippen molar-refractivity contribution in [3.8, 4) is 0 Å². The molecule has 0 saturated heterocycles. The molecule has 0 aliphatic carbocycles. The summed E-state index contributed by atoms with van der Waals surface area (Å²) in [6, 6.07) is 17.4. The van der Waals surface area contributed by atoms with Crippen molar-refractivity contribution in [2.45, 2.75) is 13.1 Å². The standard InChI is InChI=1S/C23H20BrN5O2/c24-19-9-6-18(7-10-19)15-28-16-26-22-20(23(28)31)14-27-29(22)13-12-25-21(30)11-8-17-4-2-1-3-5-17/h1-11,14,16H,12-13,15H2,(H,25,30)/b11-8-. The summed E-state index contributed by atoms with van der Waals surface area (Å²) in [4.78, 5) is 29.2. The summed E-state index contributed by atoms with van der Waals surface area (Å²) in [5.41, 5.74) is 2.32. The Labute approximate surface area is 187 Å². The number of hydrogen-bond donors (Lipinski definition) is 1. The highest BCUT2D eigenvalue weighted by Crippen LogP contribution is 2.12. The van der Waals surface area contributed by atoms with Gasteiger partial charge in [-0.2, -0.15) is 5.10 Å². The zero-order valence-corrected chi connectivity index (χ0v) is 18.2. The third-order valence-electron chi connectivity index (χ3n) is 4.74. The Balaban J connectivity index is 1.39. The van der Waals surface area contributed by atoms with E-state index < -0.39 is 0 Å². The first kappa shape index (κ1) is 20.7. The molecule has 4 rings (SSSR count). The van der Waals surface area contributed by atoms with E-state index in [1.165, 1.54) is 18.6 Å². The van der Waals surface area contributed by atoms with E-state index in [4.69, 9.17) is 0 Å². The number of benzene rings is 2. The number of halogens is 1. The number of nitrogens with zero attached hydrogens (tertiary/aromatic N) is 4. The van der Waals surface area contributed by atoms with Crippen molar-refractivity contribution in [2.75, 3.05) is 6.54 Å². The van der Waals surface area contributed by atoms with E-state index in [9.17, 15) is 9.59 Å². The lowest BCUT2D eigenvalue weighted by Gasteiger charge is -2.07. The number of carbonyl (C=O) groups is 1. The van der Waals surface area contributed by atoms with Crippen LogP contribution in [0.25, 0.3) is 17.1 Å². The Morgan fingerprint density at radius 3 is 2.65 bits per heavy atom. The highest BCUT2D eigenvalue weighted by atomic mass is 79.9. The highest BCUT2D eigenvalue weighted by molar-refractivity contribution is 9.10. The second-order valence-electron chi connectivity index (χ2n) is 6.94. The Morgan fingerprint density at radius 2 is 1.87 bits per heavy atom. The summed E-state index contributed by atoms with van der Waals surface area (Å²) in [5.74, 6) is -0.190. The minimum atomic E-state index is -0.190. The molecule has 0 aliphatic heterocycles. The van der Waals surface area contributed by atoms with Crippen molar-refractivity contribution >= 4 is 38.9 Å². The lowest BCUT2D eigenvalue weighted by Crippen LogP contribution is -2.26. The molecule has 2 aromatic carbocycles. The first-order valence-corrected chi connectivity index (χ1v) is 10.6. The summed E-state index contributed by atoms with van der Waals surface area (Å²) >= 11 is 3.41. The zero-order valence-electron chi connectivity index (χ0n) is 16.6. The largest absolute Gasteiger partial charge is 0.351 e. The van der Waals surface area contributed by atoms with Gasteiger partial charge in [-0.15, -0.1) is 0 Å². The van der Waals surface area contributed by atoms with Crippen LogP contribution in [0.5, 0.6) is 0 Å². The van der Waals surface area contributed by atoms with Crippen molar-refractivity contribution in [1.29, 1.82) is 0 Å². The number of nitrogens with one attached hydrogen (secondary N) is 1. The van der Waals surface area contributed by atoms with Gasteiger partial charge in [0.15, 0.2) is 5.65 Å². The molecule has 0 radical (unpaired) electrons. The molecule has 7 nitrogen and oxygen atoms in total. The summed E-state index contributed by atoms with van der Waals surface area (Å²) in [6.07, 6.45) is 6.32. The normalized spacial score (nSPS) is 11.3. The highest BCUT2D eigenvalue weighted by Gasteiger charge is 2.10. The van der Waals surface area contributed by atoms with E-state index in [1.54, 1.807) is 15.3 Å². The second kappa shape index (κ2) is 9.53. The van der Waals surface area contributed by atoms with Crippen LogP contribution >= 0.6 is 15.9 Å². The number of aromatic nitrogens is 4. The van der Waals surface area contributed by atoms with Crippen LogP contribution in [-0.4, -0.2) is 31.8 Å². The second-order valence-corrected chi connectivity index (χ2v) is 7.86. The predicted molar refractivity (Wildman–Crippen MR) is 124 cm³/mol. The molecule has 31 heavy (non-hydrogen) atoms. The molecule has 0 spiro atoms. The maximum absolute atomic E-state index is 12.8. The van der Waals surface area contributed by atoms with Crippen molar-refractivity contribution in [3.05, 3.63) is 99.2 Å². The monoisotopic (exact) mass is 477 g/mol. The first-order valence-electron chi connectivity index (χ1n) is 9.76. The zero-order chi connectivity index (χ0) is 21.6. The van der Waals surface area contributed by atoms with Crippen LogP contribution in [0.3, 0.4) is 0 Å². The summed E-state index contributed by atoms with van der Waals surface area (Å²) in [5, 5.41) is 7.54. The van der Waals surface area contributed by atoms with Gasteiger partial charge in [-0.3, -0.25) is 14.2 Å². The van der Waals surface area contributed by atoms with Gasteiger partial charge in [0.1, 0.15) is 11.7 Å². The Bertz CT molecular complexity index is 1280. The molecule has 4 aromatic rings. The lowest BCUT2D eigenvalue weighted by atomic mass is 10.2. The molecule has 156 valence electrons. The van der Waals surface area contributed by atoms with Crippen molar-refractivity contribution in [3.63, 3.8) is 0 Å². The van der Waals surface area contributed by atoms with Crippen LogP contribution in [0.15, 0.2) is 82.5 Å². The van der Waals surface area contributed by atoms with E-state index in [0.29, 0.717) is 30.7 Å².